The molecular formula is C18H20N2O3S. The van der Waals surface area contributed by atoms with E-state index in [1.54, 1.807) is 11.8 Å². The minimum atomic E-state index is -0.846. The van der Waals surface area contributed by atoms with Gasteiger partial charge in [0.15, 0.2) is 0 Å². The van der Waals surface area contributed by atoms with Gasteiger partial charge in [-0.15, -0.1) is 11.3 Å². The minimum absolute atomic E-state index is 0.103. The monoisotopic (exact) mass is 344 g/mol. The third kappa shape index (κ3) is 3.19. The molecule has 0 unspecified atom stereocenters. The molecule has 24 heavy (non-hydrogen) atoms. The van der Waals surface area contributed by atoms with E-state index in [0.29, 0.717) is 24.3 Å². The lowest BCUT2D eigenvalue weighted by Crippen LogP contribution is -2.34. The molecule has 1 aromatic heterocycles. The predicted octanol–water partition coefficient (Wildman–Crippen LogP) is 2.98. The maximum atomic E-state index is 12.7. The Balaban J connectivity index is 1.76. The van der Waals surface area contributed by atoms with Crippen LogP contribution in [-0.4, -0.2) is 40.0 Å². The molecule has 0 radical (unpaired) electrons. The number of rotatable bonds is 4. The van der Waals surface area contributed by atoms with Crippen LogP contribution in [0.1, 0.15) is 39.3 Å². The van der Waals surface area contributed by atoms with E-state index in [4.69, 9.17) is 0 Å². The lowest BCUT2D eigenvalue weighted by Gasteiger charge is -2.19. The first-order valence-corrected chi connectivity index (χ1v) is 8.73. The van der Waals surface area contributed by atoms with Crippen molar-refractivity contribution in [3.63, 3.8) is 0 Å². The highest BCUT2D eigenvalue weighted by molar-refractivity contribution is 7.13. The number of benzene rings is 1. The van der Waals surface area contributed by atoms with Gasteiger partial charge in [0.05, 0.1) is 16.1 Å². The highest BCUT2D eigenvalue weighted by atomic mass is 32.1. The van der Waals surface area contributed by atoms with Crippen LogP contribution < -0.4 is 0 Å². The number of aliphatic carboxylic acids is 1. The van der Waals surface area contributed by atoms with Crippen molar-refractivity contribution in [3.8, 4) is 0 Å². The molecule has 1 atom stereocenters. The van der Waals surface area contributed by atoms with Crippen molar-refractivity contribution in [2.45, 2.75) is 26.7 Å². The SMILES string of the molecule is Cc1nc(Cc2ccccc2)sc1C(=O)N1CC[C@](C)(C(=O)O)C1. The van der Waals surface area contributed by atoms with E-state index in [-0.39, 0.29) is 12.5 Å². The molecule has 126 valence electrons. The number of thiazole rings is 1. The van der Waals surface area contributed by atoms with E-state index < -0.39 is 11.4 Å². The van der Waals surface area contributed by atoms with Gasteiger partial charge < -0.3 is 10.0 Å². The molecule has 0 spiro atoms. The molecule has 1 N–H and O–H groups in total. The van der Waals surface area contributed by atoms with Crippen molar-refractivity contribution in [2.24, 2.45) is 5.41 Å². The molecule has 6 heteroatoms. The van der Waals surface area contributed by atoms with Crippen molar-refractivity contribution in [1.82, 2.24) is 9.88 Å². The van der Waals surface area contributed by atoms with Crippen LogP contribution in [0.5, 0.6) is 0 Å². The molecule has 2 aromatic rings. The van der Waals surface area contributed by atoms with Crippen LogP contribution in [0.2, 0.25) is 0 Å². The molecule has 0 aliphatic carbocycles. The van der Waals surface area contributed by atoms with Crippen LogP contribution in [0, 0.1) is 12.3 Å². The van der Waals surface area contributed by atoms with E-state index in [2.05, 4.69) is 4.98 Å². The van der Waals surface area contributed by atoms with Crippen LogP contribution in [0.4, 0.5) is 0 Å². The largest absolute Gasteiger partial charge is 0.481 e. The van der Waals surface area contributed by atoms with Gasteiger partial charge in [-0.1, -0.05) is 30.3 Å². The number of amides is 1. The molecule has 5 nitrogen and oxygen atoms in total. The first-order valence-electron chi connectivity index (χ1n) is 7.92. The quantitative estimate of drug-likeness (QED) is 0.926. The number of carboxylic acid groups (broad SMARTS) is 1. The number of carbonyl (C=O) groups is 2. The fourth-order valence-corrected chi connectivity index (χ4v) is 4.02. The number of carbonyl (C=O) groups excluding carboxylic acids is 1. The summed E-state index contributed by atoms with van der Waals surface area (Å²) >= 11 is 1.41. The molecule has 0 saturated carbocycles. The van der Waals surface area contributed by atoms with Crippen molar-refractivity contribution >= 4 is 23.2 Å². The van der Waals surface area contributed by atoms with Crippen LogP contribution in [0.25, 0.3) is 0 Å². The van der Waals surface area contributed by atoms with Crippen LogP contribution in [0.15, 0.2) is 30.3 Å². The van der Waals surface area contributed by atoms with Gasteiger partial charge in [-0.05, 0) is 25.8 Å². The Bertz CT molecular complexity index is 772. The van der Waals surface area contributed by atoms with Crippen molar-refractivity contribution in [2.75, 3.05) is 13.1 Å². The van der Waals surface area contributed by atoms with Crippen LogP contribution in [0.3, 0.4) is 0 Å². The van der Waals surface area contributed by atoms with Crippen molar-refractivity contribution in [3.05, 3.63) is 51.5 Å². The van der Waals surface area contributed by atoms with Crippen LogP contribution in [-0.2, 0) is 11.2 Å². The van der Waals surface area contributed by atoms with Gasteiger partial charge in [-0.25, -0.2) is 4.98 Å². The van der Waals surface area contributed by atoms with Gasteiger partial charge in [-0.2, -0.15) is 0 Å². The summed E-state index contributed by atoms with van der Waals surface area (Å²) < 4.78 is 0. The lowest BCUT2D eigenvalue weighted by molar-refractivity contribution is -0.147. The Morgan fingerprint density at radius 3 is 2.67 bits per heavy atom. The Labute approximate surface area is 145 Å². The topological polar surface area (TPSA) is 70.5 Å². The summed E-state index contributed by atoms with van der Waals surface area (Å²) in [5, 5.41) is 10.2. The number of likely N-dealkylation sites (tertiary alicyclic amines) is 1. The molecule has 1 amide bonds. The maximum absolute atomic E-state index is 12.7. The Hall–Kier alpha value is -2.21. The van der Waals surface area contributed by atoms with Gasteiger partial charge in [-0.3, -0.25) is 9.59 Å². The number of hydrogen-bond acceptors (Lipinski definition) is 4. The molecule has 1 saturated heterocycles. The average Bonchev–Trinajstić information content (AvgIpc) is 3.12. The van der Waals surface area contributed by atoms with Crippen molar-refractivity contribution in [1.29, 1.82) is 0 Å². The van der Waals surface area contributed by atoms with Gasteiger partial charge in [0, 0.05) is 19.5 Å². The van der Waals surface area contributed by atoms with Gasteiger partial charge >= 0.3 is 5.97 Å². The normalized spacial score (nSPS) is 20.3. The second-order valence-corrected chi connectivity index (χ2v) is 7.61. The molecule has 1 aliphatic heterocycles. The average molecular weight is 344 g/mol. The summed E-state index contributed by atoms with van der Waals surface area (Å²) in [5.74, 6) is -0.946. The van der Waals surface area contributed by atoms with Crippen LogP contribution >= 0.6 is 11.3 Å². The molecule has 1 aromatic carbocycles. The molecule has 3 rings (SSSR count). The highest BCUT2D eigenvalue weighted by Crippen LogP contribution is 2.32. The lowest BCUT2D eigenvalue weighted by atomic mass is 9.90. The Kier molecular flexibility index (Phi) is 4.41. The molecule has 0 bridgehead atoms. The first kappa shape index (κ1) is 16.6. The van der Waals surface area contributed by atoms with Crippen molar-refractivity contribution < 1.29 is 14.7 Å². The zero-order chi connectivity index (χ0) is 17.3. The predicted molar refractivity (Wildman–Crippen MR) is 92.4 cm³/mol. The third-order valence-corrected chi connectivity index (χ3v) is 5.66. The fourth-order valence-electron chi connectivity index (χ4n) is 2.95. The Morgan fingerprint density at radius 1 is 1.33 bits per heavy atom. The van der Waals surface area contributed by atoms with E-state index in [9.17, 15) is 14.7 Å². The highest BCUT2D eigenvalue weighted by Gasteiger charge is 2.42. The smallest absolute Gasteiger partial charge is 0.311 e. The van der Waals surface area contributed by atoms with Gasteiger partial charge in [0.2, 0.25) is 0 Å². The number of aromatic nitrogens is 1. The van der Waals surface area contributed by atoms with E-state index in [0.717, 1.165) is 16.3 Å². The standard InChI is InChI=1S/C18H20N2O3S/c1-12-15(16(21)20-9-8-18(2,11-20)17(22)23)24-14(19-12)10-13-6-4-3-5-7-13/h3-7H,8-11H2,1-2H3,(H,22,23)/t18-/m0/s1. The second kappa shape index (κ2) is 6.36. The number of nitrogens with zero attached hydrogens (tertiary/aromatic N) is 2. The van der Waals surface area contributed by atoms with Gasteiger partial charge in [0.25, 0.3) is 5.91 Å². The first-order chi connectivity index (χ1) is 11.4. The maximum Gasteiger partial charge on any atom is 0.311 e. The number of carboxylic acids is 1. The third-order valence-electron chi connectivity index (χ3n) is 4.51. The second-order valence-electron chi connectivity index (χ2n) is 6.53. The minimum Gasteiger partial charge on any atom is -0.481 e. The molecule has 1 aliphatic rings. The fraction of sp³-hybridized carbons (Fsp3) is 0.389. The van der Waals surface area contributed by atoms with E-state index in [1.165, 1.54) is 11.3 Å². The summed E-state index contributed by atoms with van der Waals surface area (Å²) in [5.41, 5.74) is 1.03. The molecular weight excluding hydrogens is 324 g/mol. The summed E-state index contributed by atoms with van der Waals surface area (Å²) in [6.45, 7) is 4.27. The van der Waals surface area contributed by atoms with E-state index >= 15 is 0 Å². The summed E-state index contributed by atoms with van der Waals surface area (Å²) in [4.78, 5) is 30.9. The summed E-state index contributed by atoms with van der Waals surface area (Å²) in [7, 11) is 0. The Morgan fingerprint density at radius 2 is 2.04 bits per heavy atom. The zero-order valence-electron chi connectivity index (χ0n) is 13.8. The summed E-state index contributed by atoms with van der Waals surface area (Å²) in [6.07, 6.45) is 1.19. The molecule has 2 heterocycles. The summed E-state index contributed by atoms with van der Waals surface area (Å²) in [6, 6.07) is 10.0. The van der Waals surface area contributed by atoms with Gasteiger partial charge in [0.1, 0.15) is 4.88 Å². The zero-order valence-corrected chi connectivity index (χ0v) is 14.6. The number of hydrogen-bond donors (Lipinski definition) is 1. The van der Waals surface area contributed by atoms with E-state index in [1.807, 2.05) is 37.3 Å². The molecule has 1 fully saturated rings. The number of aryl methyl sites for hydroxylation is 1.